The van der Waals surface area contributed by atoms with Crippen molar-refractivity contribution in [1.29, 1.82) is 0 Å². The van der Waals surface area contributed by atoms with Gasteiger partial charge in [-0.3, -0.25) is 0 Å². The Hall–Kier alpha value is -1.97. The highest BCUT2D eigenvalue weighted by Gasteiger charge is 2.11. The van der Waals surface area contributed by atoms with Crippen molar-refractivity contribution < 1.29 is 13.2 Å². The Kier molecular flexibility index (Phi) is 3.79. The number of rotatable bonds is 3. The van der Waals surface area contributed by atoms with E-state index in [2.05, 4.69) is 5.32 Å². The van der Waals surface area contributed by atoms with Gasteiger partial charge < -0.3 is 5.32 Å². The lowest BCUT2D eigenvalue weighted by Gasteiger charge is -2.16. The third kappa shape index (κ3) is 3.28. The summed E-state index contributed by atoms with van der Waals surface area (Å²) >= 11 is 0. The van der Waals surface area contributed by atoms with Crippen molar-refractivity contribution in [2.45, 2.75) is 19.9 Å². The molecule has 0 spiro atoms. The van der Waals surface area contributed by atoms with E-state index in [-0.39, 0.29) is 5.82 Å². The zero-order valence-electron chi connectivity index (χ0n) is 10.7. The van der Waals surface area contributed by atoms with Gasteiger partial charge in [-0.15, -0.1) is 0 Å². The fourth-order valence-electron chi connectivity index (χ4n) is 1.88. The van der Waals surface area contributed by atoms with Crippen molar-refractivity contribution in [1.82, 2.24) is 0 Å². The molecule has 2 rings (SSSR count). The van der Waals surface area contributed by atoms with Crippen LogP contribution in [0.15, 0.2) is 36.4 Å². The summed E-state index contributed by atoms with van der Waals surface area (Å²) in [4.78, 5) is 0. The summed E-state index contributed by atoms with van der Waals surface area (Å²) in [6.45, 7) is 3.51. The zero-order chi connectivity index (χ0) is 14.0. The van der Waals surface area contributed by atoms with Crippen molar-refractivity contribution in [3.8, 4) is 0 Å². The summed E-state index contributed by atoms with van der Waals surface area (Å²) in [7, 11) is 0. The maximum atomic E-state index is 13.7. The van der Waals surface area contributed by atoms with E-state index in [1.54, 1.807) is 26.0 Å². The molecule has 100 valence electrons. The van der Waals surface area contributed by atoms with Gasteiger partial charge in [0.1, 0.15) is 17.5 Å². The maximum Gasteiger partial charge on any atom is 0.146 e. The number of hydrogen-bond donors (Lipinski definition) is 1. The lowest BCUT2D eigenvalue weighted by Crippen LogP contribution is -2.08. The van der Waals surface area contributed by atoms with Crippen LogP contribution in [0, 0.1) is 24.4 Å². The van der Waals surface area contributed by atoms with Gasteiger partial charge in [-0.2, -0.15) is 0 Å². The van der Waals surface area contributed by atoms with Crippen LogP contribution in [0.4, 0.5) is 18.9 Å². The molecule has 0 fully saturated rings. The Morgan fingerprint density at radius 2 is 1.58 bits per heavy atom. The Labute approximate surface area is 110 Å². The molecule has 4 heteroatoms. The van der Waals surface area contributed by atoms with Crippen molar-refractivity contribution in [2.75, 3.05) is 5.32 Å². The Bertz CT molecular complexity index is 576. The number of halogens is 3. The predicted molar refractivity (Wildman–Crippen MR) is 69.5 cm³/mol. The van der Waals surface area contributed by atoms with E-state index in [1.807, 2.05) is 0 Å². The Balaban J connectivity index is 2.22. The van der Waals surface area contributed by atoms with E-state index in [9.17, 15) is 13.2 Å². The first kappa shape index (κ1) is 13.5. The molecule has 0 saturated carbocycles. The summed E-state index contributed by atoms with van der Waals surface area (Å²) in [5.41, 5.74) is 1.55. The molecule has 1 N–H and O–H groups in total. The molecule has 1 nitrogen and oxygen atoms in total. The maximum absolute atomic E-state index is 13.7. The molecule has 1 atom stereocenters. The molecule has 0 aliphatic rings. The second-order valence-corrected chi connectivity index (χ2v) is 4.55. The smallest absolute Gasteiger partial charge is 0.146 e. The molecule has 2 aromatic rings. The molecular weight excluding hydrogens is 251 g/mol. The normalized spacial score (nSPS) is 12.3. The van der Waals surface area contributed by atoms with Crippen LogP contribution in [0.3, 0.4) is 0 Å². The van der Waals surface area contributed by atoms with Gasteiger partial charge in [-0.1, -0.05) is 6.07 Å². The summed E-state index contributed by atoms with van der Waals surface area (Å²) in [6, 6.07) is 7.65. The summed E-state index contributed by atoms with van der Waals surface area (Å²) < 4.78 is 39.9. The molecule has 0 aromatic heterocycles. The van der Waals surface area contributed by atoms with Crippen LogP contribution in [0.25, 0.3) is 0 Å². The number of aryl methyl sites for hydroxylation is 1. The SMILES string of the molecule is Cc1ccc(NC(C)c2cc(F)cc(F)c2)c(F)c1. The third-order valence-corrected chi connectivity index (χ3v) is 2.88. The largest absolute Gasteiger partial charge is 0.376 e. The molecule has 19 heavy (non-hydrogen) atoms. The van der Waals surface area contributed by atoms with Crippen LogP contribution in [0.2, 0.25) is 0 Å². The van der Waals surface area contributed by atoms with Gasteiger partial charge in [0, 0.05) is 12.1 Å². The average molecular weight is 265 g/mol. The molecule has 0 saturated heterocycles. The highest BCUT2D eigenvalue weighted by Crippen LogP contribution is 2.23. The van der Waals surface area contributed by atoms with Crippen molar-refractivity contribution >= 4 is 5.69 Å². The third-order valence-electron chi connectivity index (χ3n) is 2.88. The first-order valence-corrected chi connectivity index (χ1v) is 5.94. The molecule has 0 aliphatic carbocycles. The van der Waals surface area contributed by atoms with Crippen LogP contribution in [0.1, 0.15) is 24.1 Å². The van der Waals surface area contributed by atoms with Gasteiger partial charge in [-0.05, 0) is 49.2 Å². The quantitative estimate of drug-likeness (QED) is 0.856. The molecule has 0 heterocycles. The van der Waals surface area contributed by atoms with Crippen LogP contribution >= 0.6 is 0 Å². The Morgan fingerprint density at radius 1 is 0.947 bits per heavy atom. The summed E-state index contributed by atoms with van der Waals surface area (Å²) in [6.07, 6.45) is 0. The van der Waals surface area contributed by atoms with Crippen molar-refractivity contribution in [2.24, 2.45) is 0 Å². The topological polar surface area (TPSA) is 12.0 Å². The fourth-order valence-corrected chi connectivity index (χ4v) is 1.88. The second-order valence-electron chi connectivity index (χ2n) is 4.55. The van der Waals surface area contributed by atoms with E-state index in [0.717, 1.165) is 11.6 Å². The molecule has 0 radical (unpaired) electrons. The Morgan fingerprint density at radius 3 is 2.16 bits per heavy atom. The average Bonchev–Trinajstić information content (AvgIpc) is 2.31. The second kappa shape index (κ2) is 5.34. The van der Waals surface area contributed by atoms with Gasteiger partial charge >= 0.3 is 0 Å². The summed E-state index contributed by atoms with van der Waals surface area (Å²) in [5, 5.41) is 2.90. The van der Waals surface area contributed by atoms with Gasteiger partial charge in [0.15, 0.2) is 0 Å². The minimum absolute atomic E-state index is 0.308. The molecule has 0 aliphatic heterocycles. The number of benzene rings is 2. The van der Waals surface area contributed by atoms with Gasteiger partial charge in [0.25, 0.3) is 0 Å². The molecule has 1 unspecified atom stereocenters. The fraction of sp³-hybridized carbons (Fsp3) is 0.200. The first-order valence-electron chi connectivity index (χ1n) is 5.94. The lowest BCUT2D eigenvalue weighted by molar-refractivity contribution is 0.577. The number of hydrogen-bond acceptors (Lipinski definition) is 1. The first-order chi connectivity index (χ1) is 8.95. The van der Waals surface area contributed by atoms with Crippen LogP contribution in [-0.2, 0) is 0 Å². The van der Waals surface area contributed by atoms with Crippen LogP contribution < -0.4 is 5.32 Å². The van der Waals surface area contributed by atoms with E-state index in [4.69, 9.17) is 0 Å². The van der Waals surface area contributed by atoms with Gasteiger partial charge in [-0.25, -0.2) is 13.2 Å². The van der Waals surface area contributed by atoms with E-state index < -0.39 is 17.7 Å². The zero-order valence-corrected chi connectivity index (χ0v) is 10.7. The summed E-state index contributed by atoms with van der Waals surface area (Å²) in [5.74, 6) is -1.68. The number of anilines is 1. The van der Waals surface area contributed by atoms with Gasteiger partial charge in [0.05, 0.1) is 5.69 Å². The monoisotopic (exact) mass is 265 g/mol. The molecule has 2 aromatic carbocycles. The van der Waals surface area contributed by atoms with Gasteiger partial charge in [0.2, 0.25) is 0 Å². The predicted octanol–water partition coefficient (Wildman–Crippen LogP) is 4.59. The molecule has 0 bridgehead atoms. The molecule has 0 amide bonds. The van der Waals surface area contributed by atoms with E-state index in [0.29, 0.717) is 11.3 Å². The van der Waals surface area contributed by atoms with Crippen LogP contribution in [-0.4, -0.2) is 0 Å². The standard InChI is InChI=1S/C15H14F3N/c1-9-3-4-15(14(18)5-9)19-10(2)11-6-12(16)8-13(17)7-11/h3-8,10,19H,1-2H3. The van der Waals surface area contributed by atoms with Crippen molar-refractivity contribution in [3.63, 3.8) is 0 Å². The van der Waals surface area contributed by atoms with Crippen molar-refractivity contribution in [3.05, 3.63) is 65.0 Å². The minimum Gasteiger partial charge on any atom is -0.376 e. The lowest BCUT2D eigenvalue weighted by atomic mass is 10.1. The molecular formula is C15H14F3N. The van der Waals surface area contributed by atoms with Crippen LogP contribution in [0.5, 0.6) is 0 Å². The number of nitrogens with one attached hydrogen (secondary N) is 1. The highest BCUT2D eigenvalue weighted by molar-refractivity contribution is 5.48. The minimum atomic E-state index is -0.645. The highest BCUT2D eigenvalue weighted by atomic mass is 19.1. The van der Waals surface area contributed by atoms with E-state index >= 15 is 0 Å². The van der Waals surface area contributed by atoms with E-state index in [1.165, 1.54) is 18.2 Å².